The minimum absolute atomic E-state index is 0.0410. The molecule has 2 amide bonds. The Morgan fingerprint density at radius 1 is 1.47 bits per heavy atom. The molecule has 0 saturated heterocycles. The molecule has 0 radical (unpaired) electrons. The van der Waals surface area contributed by atoms with Crippen molar-refractivity contribution < 1.29 is 19.5 Å². The lowest BCUT2D eigenvalue weighted by atomic mass is 10.2. The Kier molecular flexibility index (Phi) is 4.99. The molecule has 8 heteroatoms. The number of primary amides is 1. The average molecular weight is 285 g/mol. The number of carboxylic acid groups (broad SMARTS) is 1. The van der Waals surface area contributed by atoms with Crippen LogP contribution in [0.15, 0.2) is 5.38 Å². The number of aromatic nitrogens is 1. The van der Waals surface area contributed by atoms with Crippen LogP contribution in [-0.2, 0) is 4.79 Å². The molecule has 0 saturated carbocycles. The maximum absolute atomic E-state index is 12.1. The van der Waals surface area contributed by atoms with Crippen LogP contribution in [0.4, 0.5) is 0 Å². The minimum atomic E-state index is -1.19. The maximum atomic E-state index is 12.1. The first-order valence-electron chi connectivity index (χ1n) is 5.57. The van der Waals surface area contributed by atoms with E-state index in [0.29, 0.717) is 6.54 Å². The molecule has 0 aromatic carbocycles. The highest BCUT2D eigenvalue weighted by Crippen LogP contribution is 2.13. The highest BCUT2D eigenvalue weighted by molar-refractivity contribution is 7.11. The number of rotatable bonds is 6. The summed E-state index contributed by atoms with van der Waals surface area (Å²) in [6.45, 7) is 3.93. The quantitative estimate of drug-likeness (QED) is 0.786. The van der Waals surface area contributed by atoms with E-state index in [2.05, 4.69) is 4.98 Å². The summed E-state index contributed by atoms with van der Waals surface area (Å²) >= 11 is 0.933. The fourth-order valence-electron chi connectivity index (χ4n) is 1.45. The molecule has 1 aromatic rings. The SMILES string of the molecule is CC(C)CN(CC(N)=O)C(=O)c1nc(C(=O)O)cs1. The number of amides is 2. The number of hydrogen-bond acceptors (Lipinski definition) is 5. The van der Waals surface area contributed by atoms with Gasteiger partial charge in [-0.2, -0.15) is 0 Å². The Hall–Kier alpha value is -1.96. The number of carbonyl (C=O) groups excluding carboxylic acids is 2. The molecule has 0 atom stereocenters. The van der Waals surface area contributed by atoms with Crippen molar-refractivity contribution in [3.8, 4) is 0 Å². The predicted molar refractivity (Wildman–Crippen MR) is 69.0 cm³/mol. The molecular weight excluding hydrogens is 270 g/mol. The fourth-order valence-corrected chi connectivity index (χ4v) is 2.21. The number of nitrogens with two attached hydrogens (primary N) is 1. The first-order valence-corrected chi connectivity index (χ1v) is 6.45. The number of hydrogen-bond donors (Lipinski definition) is 2. The van der Waals surface area contributed by atoms with Gasteiger partial charge in [-0.15, -0.1) is 11.3 Å². The molecular formula is C11H15N3O4S. The number of nitrogens with zero attached hydrogens (tertiary/aromatic N) is 2. The number of thiazole rings is 1. The molecule has 7 nitrogen and oxygen atoms in total. The van der Waals surface area contributed by atoms with Crippen molar-refractivity contribution in [1.82, 2.24) is 9.88 Å². The van der Waals surface area contributed by atoms with Crippen molar-refractivity contribution in [3.05, 3.63) is 16.1 Å². The highest BCUT2D eigenvalue weighted by Gasteiger charge is 2.22. The van der Waals surface area contributed by atoms with E-state index in [0.717, 1.165) is 11.3 Å². The zero-order chi connectivity index (χ0) is 14.6. The topological polar surface area (TPSA) is 114 Å². The Balaban J connectivity index is 2.90. The van der Waals surface area contributed by atoms with Gasteiger partial charge in [-0.25, -0.2) is 9.78 Å². The van der Waals surface area contributed by atoms with Gasteiger partial charge in [-0.05, 0) is 5.92 Å². The summed E-state index contributed by atoms with van der Waals surface area (Å²) in [6, 6.07) is 0. The van der Waals surface area contributed by atoms with Gasteiger partial charge in [0.1, 0.15) is 0 Å². The first kappa shape index (κ1) is 15.1. The van der Waals surface area contributed by atoms with Gasteiger partial charge in [0.25, 0.3) is 5.91 Å². The van der Waals surface area contributed by atoms with Crippen LogP contribution in [-0.4, -0.2) is 45.9 Å². The lowest BCUT2D eigenvalue weighted by Gasteiger charge is -2.21. The zero-order valence-electron chi connectivity index (χ0n) is 10.6. The summed E-state index contributed by atoms with van der Waals surface area (Å²) in [5, 5.41) is 10.1. The predicted octanol–water partition coefficient (Wildman–Crippen LogP) is 0.425. The van der Waals surface area contributed by atoms with E-state index in [1.165, 1.54) is 10.3 Å². The van der Waals surface area contributed by atoms with E-state index in [9.17, 15) is 14.4 Å². The highest BCUT2D eigenvalue weighted by atomic mass is 32.1. The van der Waals surface area contributed by atoms with Gasteiger partial charge in [0.05, 0.1) is 6.54 Å². The van der Waals surface area contributed by atoms with E-state index >= 15 is 0 Å². The van der Waals surface area contributed by atoms with Crippen LogP contribution in [0.3, 0.4) is 0 Å². The first-order chi connectivity index (χ1) is 8.81. The molecule has 0 aliphatic heterocycles. The normalized spacial score (nSPS) is 10.5. The standard InChI is InChI=1S/C11H15N3O4S/c1-6(2)3-14(4-8(12)15)10(16)9-13-7(5-19-9)11(17)18/h5-6H,3-4H2,1-2H3,(H2,12,15)(H,17,18). The molecule has 0 fully saturated rings. The van der Waals surface area contributed by atoms with Crippen molar-refractivity contribution in [1.29, 1.82) is 0 Å². The largest absolute Gasteiger partial charge is 0.476 e. The van der Waals surface area contributed by atoms with Crippen LogP contribution in [0, 0.1) is 5.92 Å². The summed E-state index contributed by atoms with van der Waals surface area (Å²) in [5.41, 5.74) is 4.91. The van der Waals surface area contributed by atoms with Crippen LogP contribution < -0.4 is 5.73 Å². The molecule has 1 heterocycles. The van der Waals surface area contributed by atoms with E-state index < -0.39 is 17.8 Å². The fraction of sp³-hybridized carbons (Fsp3) is 0.455. The van der Waals surface area contributed by atoms with Gasteiger partial charge in [0, 0.05) is 11.9 Å². The second kappa shape index (κ2) is 6.28. The van der Waals surface area contributed by atoms with Crippen molar-refractivity contribution in [2.45, 2.75) is 13.8 Å². The van der Waals surface area contributed by atoms with Crippen LogP contribution in [0.2, 0.25) is 0 Å². The Morgan fingerprint density at radius 3 is 2.53 bits per heavy atom. The lowest BCUT2D eigenvalue weighted by molar-refractivity contribution is -0.118. The van der Waals surface area contributed by atoms with Crippen molar-refractivity contribution in [2.75, 3.05) is 13.1 Å². The minimum Gasteiger partial charge on any atom is -0.476 e. The summed E-state index contributed by atoms with van der Waals surface area (Å²) in [7, 11) is 0. The van der Waals surface area contributed by atoms with Gasteiger partial charge >= 0.3 is 5.97 Å². The monoisotopic (exact) mass is 285 g/mol. The van der Waals surface area contributed by atoms with E-state index in [-0.39, 0.29) is 23.2 Å². The second-order valence-corrected chi connectivity index (χ2v) is 5.25. The summed E-state index contributed by atoms with van der Waals surface area (Å²) < 4.78 is 0. The van der Waals surface area contributed by atoms with Gasteiger partial charge in [-0.3, -0.25) is 9.59 Å². The smallest absolute Gasteiger partial charge is 0.355 e. The number of carboxylic acids is 1. The van der Waals surface area contributed by atoms with E-state index in [1.807, 2.05) is 13.8 Å². The van der Waals surface area contributed by atoms with E-state index in [4.69, 9.17) is 10.8 Å². The van der Waals surface area contributed by atoms with Gasteiger partial charge in [-0.1, -0.05) is 13.8 Å². The Morgan fingerprint density at radius 2 is 2.11 bits per heavy atom. The van der Waals surface area contributed by atoms with Crippen LogP contribution in [0.25, 0.3) is 0 Å². The van der Waals surface area contributed by atoms with Crippen LogP contribution in [0.5, 0.6) is 0 Å². The molecule has 0 aliphatic carbocycles. The molecule has 0 bridgehead atoms. The second-order valence-electron chi connectivity index (χ2n) is 4.39. The van der Waals surface area contributed by atoms with E-state index in [1.54, 1.807) is 0 Å². The number of aromatic carboxylic acids is 1. The molecule has 1 rings (SSSR count). The van der Waals surface area contributed by atoms with Crippen molar-refractivity contribution in [3.63, 3.8) is 0 Å². The number of carbonyl (C=O) groups is 3. The molecule has 3 N–H and O–H groups in total. The average Bonchev–Trinajstić information content (AvgIpc) is 2.75. The van der Waals surface area contributed by atoms with Crippen molar-refractivity contribution >= 4 is 29.1 Å². The third-order valence-corrected chi connectivity index (χ3v) is 2.96. The van der Waals surface area contributed by atoms with Crippen LogP contribution in [0.1, 0.15) is 34.1 Å². The van der Waals surface area contributed by atoms with Gasteiger partial charge in [0.2, 0.25) is 5.91 Å². The van der Waals surface area contributed by atoms with Gasteiger partial charge in [0.15, 0.2) is 10.7 Å². The third-order valence-electron chi connectivity index (χ3n) is 2.13. The summed E-state index contributed by atoms with van der Waals surface area (Å²) in [6.07, 6.45) is 0. The molecule has 19 heavy (non-hydrogen) atoms. The van der Waals surface area contributed by atoms with Gasteiger partial charge < -0.3 is 15.7 Å². The molecule has 1 aromatic heterocycles. The third kappa shape index (κ3) is 4.32. The zero-order valence-corrected chi connectivity index (χ0v) is 11.4. The molecule has 104 valence electrons. The molecule has 0 spiro atoms. The Labute approximate surface area is 114 Å². The Bertz CT molecular complexity index is 498. The molecule has 0 unspecified atom stereocenters. The maximum Gasteiger partial charge on any atom is 0.355 e. The summed E-state index contributed by atoms with van der Waals surface area (Å²) in [5.74, 6) is -2.14. The molecule has 0 aliphatic rings. The van der Waals surface area contributed by atoms with Crippen LogP contribution >= 0.6 is 11.3 Å². The summed E-state index contributed by atoms with van der Waals surface area (Å²) in [4.78, 5) is 38.8. The van der Waals surface area contributed by atoms with Crippen molar-refractivity contribution in [2.24, 2.45) is 11.7 Å². The lowest BCUT2D eigenvalue weighted by Crippen LogP contribution is -2.40.